The summed E-state index contributed by atoms with van der Waals surface area (Å²) < 4.78 is 29.1. The Hall–Kier alpha value is -0.932. The Morgan fingerprint density at radius 3 is 1.03 bits per heavy atom. The molecule has 0 aliphatic heterocycles. The standard InChI is InChI=1S/2C33H58O3Si2/c2*1-22(34)26-16-17-27-25-15-14-23-20-24(35-37(10,11)30(2,3)4)21-29(36-38(12,13)31(5,6)7)33(23,9)28(25)18-19-32(26,27)8/h2*14-16,22,24,27-29,34H,17-21H2,1-13H3/t22-,24+,27?,28?,29-,32+,33-;22-,24-,27?,28?,29+,32-,33+/m01/s1. The number of allylic oxidation sites excluding steroid dienone is 8. The van der Waals surface area contributed by atoms with Gasteiger partial charge in [-0.2, -0.15) is 0 Å². The summed E-state index contributed by atoms with van der Waals surface area (Å²) in [7, 11) is -7.79. The molecule has 8 aliphatic carbocycles. The molecule has 14 atom stereocenters. The topological polar surface area (TPSA) is 77.4 Å². The van der Waals surface area contributed by atoms with E-state index in [1.807, 2.05) is 13.8 Å². The molecule has 0 bridgehead atoms. The Balaban J connectivity index is 0.000000221. The number of aliphatic hydroxyl groups is 2. The molecule has 0 aromatic carbocycles. The van der Waals surface area contributed by atoms with Gasteiger partial charge in [0.15, 0.2) is 33.3 Å². The summed E-state index contributed by atoms with van der Waals surface area (Å²) in [6, 6.07) is 0. The first-order valence-electron chi connectivity index (χ1n) is 30.6. The van der Waals surface area contributed by atoms with Crippen molar-refractivity contribution in [2.45, 2.75) is 298 Å². The van der Waals surface area contributed by atoms with E-state index in [9.17, 15) is 10.2 Å². The average molecular weight is 1120 g/mol. The molecule has 432 valence electrons. The molecule has 0 saturated heterocycles. The molecule has 0 aromatic rings. The predicted octanol–water partition coefficient (Wildman–Crippen LogP) is 18.4. The minimum absolute atomic E-state index is 0.00179. The summed E-state index contributed by atoms with van der Waals surface area (Å²) >= 11 is 0. The lowest BCUT2D eigenvalue weighted by molar-refractivity contribution is -0.0395. The highest BCUT2D eigenvalue weighted by Crippen LogP contribution is 2.67. The molecule has 10 heteroatoms. The highest BCUT2D eigenvalue weighted by Gasteiger charge is 2.62. The summed E-state index contributed by atoms with van der Waals surface area (Å²) in [5.74, 6) is 2.00. The number of hydrogen-bond donors (Lipinski definition) is 2. The third-order valence-electron chi connectivity index (χ3n) is 24.4. The minimum Gasteiger partial charge on any atom is -0.414 e. The van der Waals surface area contributed by atoms with Gasteiger partial charge >= 0.3 is 0 Å². The van der Waals surface area contributed by atoms with Crippen LogP contribution in [-0.2, 0) is 17.7 Å². The van der Waals surface area contributed by atoms with Gasteiger partial charge < -0.3 is 27.9 Å². The fraction of sp³-hybridized carbons (Fsp3) is 0.818. The van der Waals surface area contributed by atoms with Crippen LogP contribution in [0.1, 0.15) is 189 Å². The molecule has 8 rings (SSSR count). The molecule has 2 N–H and O–H groups in total. The van der Waals surface area contributed by atoms with Gasteiger partial charge in [-0.15, -0.1) is 0 Å². The molecule has 4 unspecified atom stereocenters. The van der Waals surface area contributed by atoms with E-state index in [1.54, 1.807) is 22.3 Å². The molecular weight excluding hydrogens is 1000 g/mol. The van der Waals surface area contributed by atoms with Crippen LogP contribution in [0, 0.1) is 45.3 Å². The summed E-state index contributed by atoms with van der Waals surface area (Å²) in [6.07, 6.45) is 25.5. The maximum atomic E-state index is 10.6. The van der Waals surface area contributed by atoms with Gasteiger partial charge in [-0.25, -0.2) is 0 Å². The molecule has 0 heterocycles. The third-order valence-corrected chi connectivity index (χ3v) is 42.5. The van der Waals surface area contributed by atoms with Gasteiger partial charge in [0, 0.05) is 10.8 Å². The Morgan fingerprint density at radius 1 is 0.461 bits per heavy atom. The molecule has 0 radical (unpaired) electrons. The molecule has 0 spiro atoms. The fourth-order valence-electron chi connectivity index (χ4n) is 15.3. The van der Waals surface area contributed by atoms with Crippen LogP contribution in [0.3, 0.4) is 0 Å². The molecule has 8 aliphatic rings. The van der Waals surface area contributed by atoms with Crippen molar-refractivity contribution in [3.8, 4) is 0 Å². The van der Waals surface area contributed by atoms with Crippen LogP contribution < -0.4 is 0 Å². The molecule has 0 aromatic heterocycles. The second-order valence-corrected chi connectivity index (χ2v) is 52.2. The van der Waals surface area contributed by atoms with Gasteiger partial charge in [0.2, 0.25) is 0 Å². The van der Waals surface area contributed by atoms with Crippen molar-refractivity contribution in [1.82, 2.24) is 0 Å². The molecular formula is C66H116O6Si4. The quantitative estimate of drug-likeness (QED) is 0.168. The van der Waals surface area contributed by atoms with E-state index in [4.69, 9.17) is 17.7 Å². The van der Waals surface area contributed by atoms with E-state index in [1.165, 1.54) is 24.0 Å². The largest absolute Gasteiger partial charge is 0.414 e. The Labute approximate surface area is 471 Å². The third kappa shape index (κ3) is 10.8. The van der Waals surface area contributed by atoms with E-state index in [-0.39, 0.29) is 78.4 Å². The molecule has 4 saturated carbocycles. The van der Waals surface area contributed by atoms with Crippen LogP contribution in [0.25, 0.3) is 0 Å². The number of hydrogen-bond acceptors (Lipinski definition) is 6. The van der Waals surface area contributed by atoms with Crippen molar-refractivity contribution in [3.63, 3.8) is 0 Å². The van der Waals surface area contributed by atoms with Crippen molar-refractivity contribution in [3.05, 3.63) is 69.9 Å². The van der Waals surface area contributed by atoms with Crippen LogP contribution >= 0.6 is 0 Å². The van der Waals surface area contributed by atoms with Gasteiger partial charge in [-0.1, -0.05) is 170 Å². The minimum atomic E-state index is -2.00. The van der Waals surface area contributed by atoms with Crippen molar-refractivity contribution >= 4 is 33.3 Å². The average Bonchev–Trinajstić information content (AvgIpc) is 3.80. The smallest absolute Gasteiger partial charge is 0.192 e. The monoisotopic (exact) mass is 1120 g/mol. The lowest BCUT2D eigenvalue weighted by atomic mass is 9.49. The van der Waals surface area contributed by atoms with E-state index in [0.717, 1.165) is 51.4 Å². The lowest BCUT2D eigenvalue weighted by Gasteiger charge is -2.59. The Kier molecular flexibility index (Phi) is 16.9. The van der Waals surface area contributed by atoms with Crippen LogP contribution in [0.4, 0.5) is 0 Å². The summed E-state index contributed by atoms with van der Waals surface area (Å²) in [5, 5.41) is 21.9. The molecule has 4 fully saturated rings. The van der Waals surface area contributed by atoms with Gasteiger partial charge in [0.05, 0.1) is 36.6 Å². The highest BCUT2D eigenvalue weighted by molar-refractivity contribution is 6.75. The number of fused-ring (bicyclic) bond motifs is 10. The van der Waals surface area contributed by atoms with E-state index < -0.39 is 33.3 Å². The van der Waals surface area contributed by atoms with E-state index in [2.05, 4.69) is 200 Å². The Bertz CT molecular complexity index is 2210. The summed E-state index contributed by atoms with van der Waals surface area (Å²) in [5.41, 5.74) is 9.03. The van der Waals surface area contributed by atoms with Crippen molar-refractivity contribution in [2.24, 2.45) is 45.3 Å². The van der Waals surface area contributed by atoms with Crippen LogP contribution in [0.2, 0.25) is 72.5 Å². The lowest BCUT2D eigenvalue weighted by Crippen LogP contribution is -2.58. The van der Waals surface area contributed by atoms with Crippen molar-refractivity contribution < 1.29 is 27.9 Å². The van der Waals surface area contributed by atoms with Crippen LogP contribution in [-0.4, -0.2) is 80.1 Å². The van der Waals surface area contributed by atoms with E-state index in [0.29, 0.717) is 23.7 Å². The number of aliphatic hydroxyl groups excluding tert-OH is 2. The SMILES string of the molecule is C[C@@H](O)C1=CCC2C3=CC=C4C[C@@H](O[Si](C)(C)C(C)(C)C)C[C@H](O[Si](C)(C)C(C)(C)C)[C@]4(C)C3CC[C@]12C.C[C@H](O)C1=CCC2C3=CC=C4C[C@@H](O[Si](C)(C)C(C)(C)C)C[C@H](O[Si](C)(C)C(C)(C)C)[C@]4(C)C3CC[C@]12C. The number of rotatable bonds is 10. The molecule has 76 heavy (non-hydrogen) atoms. The van der Waals surface area contributed by atoms with Gasteiger partial charge in [0.25, 0.3) is 0 Å². The van der Waals surface area contributed by atoms with Gasteiger partial charge in [-0.05, 0) is 196 Å². The maximum absolute atomic E-state index is 10.6. The first kappa shape index (κ1) is 62.7. The van der Waals surface area contributed by atoms with Crippen LogP contribution in [0.15, 0.2) is 69.9 Å². The molecule has 0 amide bonds. The van der Waals surface area contributed by atoms with E-state index >= 15 is 0 Å². The first-order chi connectivity index (χ1) is 34.3. The van der Waals surface area contributed by atoms with Crippen LogP contribution in [0.5, 0.6) is 0 Å². The Morgan fingerprint density at radius 2 is 0.750 bits per heavy atom. The highest BCUT2D eigenvalue weighted by atomic mass is 28.4. The van der Waals surface area contributed by atoms with Gasteiger partial charge in [-0.3, -0.25) is 0 Å². The maximum Gasteiger partial charge on any atom is 0.192 e. The van der Waals surface area contributed by atoms with Crippen molar-refractivity contribution in [1.29, 1.82) is 0 Å². The second kappa shape index (κ2) is 20.4. The normalized spacial score (nSPS) is 36.9. The van der Waals surface area contributed by atoms with Crippen molar-refractivity contribution in [2.75, 3.05) is 0 Å². The zero-order valence-electron chi connectivity index (χ0n) is 53.8. The second-order valence-electron chi connectivity index (χ2n) is 33.2. The predicted molar refractivity (Wildman–Crippen MR) is 333 cm³/mol. The zero-order chi connectivity index (χ0) is 57.4. The zero-order valence-corrected chi connectivity index (χ0v) is 57.8. The summed E-state index contributed by atoms with van der Waals surface area (Å²) in [4.78, 5) is 0. The first-order valence-corrected chi connectivity index (χ1v) is 42.2. The molecule has 6 nitrogen and oxygen atoms in total. The fourth-order valence-corrected chi connectivity index (χ4v) is 20.9. The summed E-state index contributed by atoms with van der Waals surface area (Å²) in [6.45, 7) is 61.4. The van der Waals surface area contributed by atoms with Gasteiger partial charge in [0.1, 0.15) is 0 Å².